The molecule has 0 unspecified atom stereocenters. The zero-order chi connectivity index (χ0) is 64.1. The molecule has 83 heavy (non-hydrogen) atoms. The first-order chi connectivity index (χ1) is 37.7. The molecule has 0 bridgehead atoms. The van der Waals surface area contributed by atoms with Gasteiger partial charge in [-0.25, -0.2) is 9.18 Å². The van der Waals surface area contributed by atoms with E-state index in [1.807, 2.05) is 65.7 Å². The minimum Gasteiger partial charge on any atom is -0.459 e. The van der Waals surface area contributed by atoms with E-state index in [0.29, 0.717) is 24.8 Å². The topological polar surface area (TPSA) is 257 Å². The lowest BCUT2D eigenvalue weighted by Crippen LogP contribution is -2.59. The van der Waals surface area contributed by atoms with Crippen molar-refractivity contribution in [2.75, 3.05) is 28.2 Å². The normalized spacial score (nSPS) is 41.3. The molecule has 2 N–H and O–H groups in total. The van der Waals surface area contributed by atoms with E-state index in [0.717, 1.165) is 6.92 Å². The Morgan fingerprint density at radius 1 is 0.590 bits per heavy atom. The number of ketones is 4. The van der Waals surface area contributed by atoms with Crippen LogP contribution in [0, 0.1) is 40.4 Å². The van der Waals surface area contributed by atoms with Crippen molar-refractivity contribution in [3.05, 3.63) is 23.3 Å². The maximum atomic E-state index is 16.1. The van der Waals surface area contributed by atoms with E-state index in [4.69, 9.17) is 37.9 Å². The van der Waals surface area contributed by atoms with E-state index in [1.54, 1.807) is 48.5 Å². The summed E-state index contributed by atoms with van der Waals surface area (Å²) in [6.07, 6.45) is -4.02. The quantitative estimate of drug-likeness (QED) is 0.140. The number of rotatable bonds is 8. The van der Waals surface area contributed by atoms with Crippen LogP contribution in [0.3, 0.4) is 0 Å². The van der Waals surface area contributed by atoms with Crippen LogP contribution >= 0.6 is 0 Å². The largest absolute Gasteiger partial charge is 0.459 e. The number of carbonyl (C=O) groups is 8. The molecule has 20 atom stereocenters. The number of aliphatic hydroxyl groups is 2. The molecule has 4 heterocycles. The second-order valence-electron chi connectivity index (χ2n) is 26.6. The first-order valence-corrected chi connectivity index (χ1v) is 29.1. The number of carbonyl (C=O) groups excluding carboxylic acids is 8. The van der Waals surface area contributed by atoms with Gasteiger partial charge >= 0.3 is 23.9 Å². The van der Waals surface area contributed by atoms with Crippen molar-refractivity contribution in [3.8, 4) is 0 Å². The van der Waals surface area contributed by atoms with E-state index in [9.17, 15) is 48.6 Å². The Balaban J connectivity index is 0.000000435. The lowest BCUT2D eigenvalue weighted by atomic mass is 9.70. The van der Waals surface area contributed by atoms with Crippen molar-refractivity contribution < 1.29 is 90.9 Å². The van der Waals surface area contributed by atoms with Gasteiger partial charge in [-0.2, -0.15) is 0 Å². The van der Waals surface area contributed by atoms with Gasteiger partial charge in [0.05, 0.1) is 36.5 Å². The summed E-state index contributed by atoms with van der Waals surface area (Å²) < 4.78 is 63.6. The van der Waals surface area contributed by atoms with Crippen molar-refractivity contribution in [2.45, 2.75) is 255 Å². The van der Waals surface area contributed by atoms with E-state index in [-0.39, 0.29) is 47.9 Å². The van der Waals surface area contributed by atoms with Gasteiger partial charge < -0.3 is 57.9 Å². The van der Waals surface area contributed by atoms with Gasteiger partial charge in [0, 0.05) is 37.5 Å². The first kappa shape index (κ1) is 72.9. The first-order valence-electron chi connectivity index (χ1n) is 29.1. The molecular formula is C62H101FN2O18. The number of cyclic esters (lactones) is 2. The van der Waals surface area contributed by atoms with Gasteiger partial charge in [0.2, 0.25) is 0 Å². The fourth-order valence-corrected chi connectivity index (χ4v) is 12.3. The van der Waals surface area contributed by atoms with Crippen LogP contribution < -0.4 is 0 Å². The highest BCUT2D eigenvalue weighted by molar-refractivity contribution is 6.08. The Morgan fingerprint density at radius 2 is 0.940 bits per heavy atom. The molecule has 0 aliphatic carbocycles. The highest BCUT2D eigenvalue weighted by atomic mass is 19.1. The summed E-state index contributed by atoms with van der Waals surface area (Å²) in [5.41, 5.74) is -7.61. The molecule has 4 aliphatic rings. The summed E-state index contributed by atoms with van der Waals surface area (Å²) in [6, 6.07) is -0.476. The Labute approximate surface area is 492 Å². The third kappa shape index (κ3) is 18.3. The summed E-state index contributed by atoms with van der Waals surface area (Å²) >= 11 is 0. The van der Waals surface area contributed by atoms with Gasteiger partial charge in [-0.15, -0.1) is 0 Å². The average molecular weight is 1180 g/mol. The Bertz CT molecular complexity index is 2410. The van der Waals surface area contributed by atoms with Crippen molar-refractivity contribution in [1.82, 2.24) is 9.80 Å². The number of alkyl halides is 1. The van der Waals surface area contributed by atoms with Gasteiger partial charge in [0.1, 0.15) is 29.3 Å². The molecule has 0 spiro atoms. The maximum Gasteiger partial charge on any atom is 0.351 e. The zero-order valence-corrected chi connectivity index (χ0v) is 54.0. The summed E-state index contributed by atoms with van der Waals surface area (Å²) in [7, 11) is 7.47. The summed E-state index contributed by atoms with van der Waals surface area (Å²) in [5, 5.41) is 21.9. The zero-order valence-electron chi connectivity index (χ0n) is 54.0. The predicted octanol–water partition coefficient (Wildman–Crippen LogP) is 7.04. The summed E-state index contributed by atoms with van der Waals surface area (Å²) in [6.45, 7) is 31.7. The van der Waals surface area contributed by atoms with Gasteiger partial charge in [-0.05, 0) is 157 Å². The van der Waals surface area contributed by atoms with Crippen LogP contribution in [0.15, 0.2) is 23.3 Å². The Hall–Kier alpha value is -4.35. The summed E-state index contributed by atoms with van der Waals surface area (Å²) in [5.74, 6) is -9.41. The smallest absolute Gasteiger partial charge is 0.351 e. The number of allylic oxidation sites excluding steroid dienone is 2. The molecule has 2 fully saturated rings. The standard InChI is InChI=1S/C31H50FNO9.C31H51NO9/c1-16-14-29(7,8)26(42-27-24(41-21(6)34)22(33(11)12)13-18(3)39-27)19(4)25(36)31(10,32)28(37)40-20(5)30(9,38)15-17(2)23(16)35;1-16-14-30(8,9)27(41-29-26(40-22(7)33)23(32(11)12)13-18(3)38-29)19(4)25(35)20(5)28(36)39-21(6)31(10,37)15-17(2)24(16)34/h15-16,18-20,22,24,26-27,38H,13-14H2,1-12H3;15-16,18-21,23,26-27,29,37H,13-14H2,1-12H3/b2*17-15+/t16-,18-,19+,20-,22+,24-,26-,27+,30+,31+;16-,18-,19+,20-,21-,23+,26-,27-,29+,31+/m11/s1. The van der Waals surface area contributed by atoms with E-state index in [1.165, 1.54) is 67.5 Å². The maximum absolute atomic E-state index is 16.1. The molecule has 474 valence electrons. The molecule has 0 aromatic heterocycles. The molecule has 0 aromatic rings. The minimum atomic E-state index is -3.08. The molecule has 4 rings (SSSR count). The monoisotopic (exact) mass is 1180 g/mol. The van der Waals surface area contributed by atoms with E-state index >= 15 is 4.39 Å². The number of hydrogen-bond acceptors (Lipinski definition) is 20. The molecule has 0 aromatic carbocycles. The number of ether oxygens (including phenoxy) is 8. The van der Waals surface area contributed by atoms with Crippen LogP contribution in [-0.2, 0) is 76.3 Å². The molecular weight excluding hydrogens is 1080 g/mol. The molecule has 0 radical (unpaired) electrons. The van der Waals surface area contributed by atoms with Crippen molar-refractivity contribution >= 4 is 47.0 Å². The minimum absolute atomic E-state index is 0.173. The molecule has 2 saturated heterocycles. The lowest BCUT2D eigenvalue weighted by molar-refractivity contribution is -0.288. The Kier molecular flexibility index (Phi) is 25.0. The number of likely N-dealkylation sites (N-methyl/N-ethyl adjacent to an activating group) is 2. The van der Waals surface area contributed by atoms with Crippen molar-refractivity contribution in [3.63, 3.8) is 0 Å². The van der Waals surface area contributed by atoms with Crippen LogP contribution in [0.5, 0.6) is 0 Å². The van der Waals surface area contributed by atoms with Crippen molar-refractivity contribution in [2.24, 2.45) is 40.4 Å². The van der Waals surface area contributed by atoms with Crippen LogP contribution in [0.2, 0.25) is 0 Å². The number of esters is 4. The Morgan fingerprint density at radius 3 is 1.29 bits per heavy atom. The van der Waals surface area contributed by atoms with Gasteiger partial charge in [0.15, 0.2) is 47.9 Å². The number of nitrogens with zero attached hydrogens (tertiary/aromatic N) is 2. The average Bonchev–Trinajstić information content (AvgIpc) is 3.55. The van der Waals surface area contributed by atoms with Crippen LogP contribution in [-0.4, -0.2) is 186 Å². The second kappa shape index (κ2) is 28.4. The number of Topliss-reactive ketones (excluding diaryl/α,β-unsaturated/α-hetero) is 4. The van der Waals surface area contributed by atoms with Gasteiger partial charge in [0.25, 0.3) is 5.67 Å². The van der Waals surface area contributed by atoms with E-state index in [2.05, 4.69) is 0 Å². The molecule has 20 nitrogen and oxygen atoms in total. The highest BCUT2D eigenvalue weighted by Crippen LogP contribution is 2.43. The molecule has 4 aliphatic heterocycles. The van der Waals surface area contributed by atoms with Crippen LogP contribution in [0.4, 0.5) is 4.39 Å². The summed E-state index contributed by atoms with van der Waals surface area (Å²) in [4.78, 5) is 108. The third-order valence-corrected chi connectivity index (χ3v) is 17.2. The molecule has 21 heteroatoms. The lowest BCUT2D eigenvalue weighted by Gasteiger charge is -2.47. The number of hydrogen-bond donors (Lipinski definition) is 2. The molecule has 0 saturated carbocycles. The van der Waals surface area contributed by atoms with Crippen molar-refractivity contribution in [1.29, 1.82) is 0 Å². The van der Waals surface area contributed by atoms with Gasteiger partial charge in [-0.3, -0.25) is 33.6 Å². The predicted molar refractivity (Wildman–Crippen MR) is 306 cm³/mol. The van der Waals surface area contributed by atoms with Crippen LogP contribution in [0.1, 0.15) is 164 Å². The second-order valence-corrected chi connectivity index (χ2v) is 26.6. The van der Waals surface area contributed by atoms with E-state index < -0.39 is 142 Å². The fraction of sp³-hybridized carbons (Fsp3) is 0.806. The highest BCUT2D eigenvalue weighted by Gasteiger charge is 2.54. The third-order valence-electron chi connectivity index (χ3n) is 17.2. The molecule has 0 amide bonds. The SMILES string of the molecule is CC(=O)O[C@H]1[C@H](O[C@@H]2[C@@H](C)C(=O)[C@@H](C)C(=O)O[C@H](C)[C@@](C)(O)/C=C(\C)C(=O)[C@H](C)CC2(C)C)O[C@H](C)C[C@@H]1N(C)C.CC(=O)O[C@H]1[C@H](O[C@@H]2[C@@H](C)C(=O)[C@](C)(F)C(=O)O[C@H](C)[C@@](C)(O)/C=C(\C)C(=O)[C@H](C)CC2(C)C)O[C@H](C)C[C@@H]1N(C)C. The number of halogens is 1. The van der Waals surface area contributed by atoms with Gasteiger partial charge in [-0.1, -0.05) is 55.4 Å². The van der Waals surface area contributed by atoms with Crippen LogP contribution in [0.25, 0.3) is 0 Å². The fourth-order valence-electron chi connectivity index (χ4n) is 12.3.